The first-order valence-corrected chi connectivity index (χ1v) is 8.25. The van der Waals surface area contributed by atoms with E-state index in [2.05, 4.69) is 31.1 Å². The Bertz CT molecular complexity index is 523. The topological polar surface area (TPSA) is 62.2 Å². The number of amides is 1. The lowest BCUT2D eigenvalue weighted by atomic mass is 9.98. The van der Waals surface area contributed by atoms with Crippen LogP contribution in [-0.4, -0.2) is 28.1 Å². The van der Waals surface area contributed by atoms with Crippen molar-refractivity contribution < 1.29 is 9.90 Å². The van der Waals surface area contributed by atoms with Gasteiger partial charge < -0.3 is 10.4 Å². The Hall–Kier alpha value is -1.20. The first-order chi connectivity index (χ1) is 9.78. The molecule has 2 rings (SSSR count). The maximum absolute atomic E-state index is 11.8. The van der Waals surface area contributed by atoms with Gasteiger partial charge in [0.1, 0.15) is 0 Å². The molecule has 0 unspecified atom stereocenters. The zero-order chi connectivity index (χ0) is 15.5. The molecule has 0 atom stereocenters. The van der Waals surface area contributed by atoms with Crippen LogP contribution in [0.3, 0.4) is 0 Å². The van der Waals surface area contributed by atoms with E-state index < -0.39 is 5.60 Å². The van der Waals surface area contributed by atoms with Gasteiger partial charge in [-0.15, -0.1) is 11.3 Å². The Morgan fingerprint density at radius 3 is 2.71 bits per heavy atom. The molecule has 5 heteroatoms. The summed E-state index contributed by atoms with van der Waals surface area (Å²) < 4.78 is 0. The molecule has 0 aromatic carbocycles. The van der Waals surface area contributed by atoms with E-state index in [4.69, 9.17) is 0 Å². The molecule has 2 N–H and O–H groups in total. The molecule has 1 fully saturated rings. The molecule has 0 spiro atoms. The Labute approximate surface area is 130 Å². The molecular weight excluding hydrogens is 284 g/mol. The summed E-state index contributed by atoms with van der Waals surface area (Å²) in [5, 5.41) is 14.0. The number of thiazole rings is 1. The van der Waals surface area contributed by atoms with E-state index in [-0.39, 0.29) is 11.3 Å². The monoisotopic (exact) mass is 308 g/mol. The van der Waals surface area contributed by atoms with Crippen molar-refractivity contribution in [2.75, 3.05) is 6.54 Å². The molecule has 1 amide bonds. The van der Waals surface area contributed by atoms with Gasteiger partial charge >= 0.3 is 0 Å². The molecule has 21 heavy (non-hydrogen) atoms. The Morgan fingerprint density at radius 1 is 1.48 bits per heavy atom. The van der Waals surface area contributed by atoms with Crippen molar-refractivity contribution in [2.45, 2.75) is 57.5 Å². The summed E-state index contributed by atoms with van der Waals surface area (Å²) in [4.78, 5) is 17.1. The normalized spacial score (nSPS) is 18.3. The fourth-order valence-electron chi connectivity index (χ4n) is 2.39. The van der Waals surface area contributed by atoms with E-state index in [9.17, 15) is 9.90 Å². The second kappa shape index (κ2) is 6.28. The highest BCUT2D eigenvalue weighted by Gasteiger charge is 2.30. The van der Waals surface area contributed by atoms with E-state index in [0.717, 1.165) is 35.6 Å². The third-order valence-electron chi connectivity index (χ3n) is 3.69. The molecule has 1 aromatic rings. The van der Waals surface area contributed by atoms with Gasteiger partial charge in [-0.1, -0.05) is 33.6 Å². The van der Waals surface area contributed by atoms with Gasteiger partial charge in [0.05, 0.1) is 10.6 Å². The highest BCUT2D eigenvalue weighted by Crippen LogP contribution is 2.29. The fraction of sp³-hybridized carbons (Fsp3) is 0.625. The molecule has 1 aliphatic carbocycles. The third kappa shape index (κ3) is 4.64. The van der Waals surface area contributed by atoms with Gasteiger partial charge in [0, 0.05) is 29.1 Å². The van der Waals surface area contributed by atoms with Crippen LogP contribution in [0.15, 0.2) is 12.3 Å². The van der Waals surface area contributed by atoms with E-state index in [1.165, 1.54) is 6.08 Å². The molecule has 1 heterocycles. The van der Waals surface area contributed by atoms with Crippen molar-refractivity contribution in [1.29, 1.82) is 0 Å². The number of nitrogens with zero attached hydrogens (tertiary/aromatic N) is 1. The molecule has 4 nitrogen and oxygen atoms in total. The molecule has 1 aromatic heterocycles. The van der Waals surface area contributed by atoms with Crippen LogP contribution in [0, 0.1) is 0 Å². The average Bonchev–Trinajstić information content (AvgIpc) is 3.03. The van der Waals surface area contributed by atoms with Gasteiger partial charge in [-0.25, -0.2) is 4.98 Å². The van der Waals surface area contributed by atoms with E-state index in [1.807, 2.05) is 0 Å². The molecule has 116 valence electrons. The van der Waals surface area contributed by atoms with Crippen molar-refractivity contribution >= 4 is 23.3 Å². The van der Waals surface area contributed by atoms with Gasteiger partial charge in [0.25, 0.3) is 0 Å². The molecule has 0 bridgehead atoms. The Kier molecular flexibility index (Phi) is 4.84. The van der Waals surface area contributed by atoms with Crippen LogP contribution in [0.2, 0.25) is 0 Å². The van der Waals surface area contributed by atoms with Crippen molar-refractivity contribution in [3.05, 3.63) is 22.2 Å². The van der Waals surface area contributed by atoms with Crippen LogP contribution >= 0.6 is 11.3 Å². The summed E-state index contributed by atoms with van der Waals surface area (Å²) >= 11 is 1.60. The Morgan fingerprint density at radius 2 is 2.14 bits per heavy atom. The van der Waals surface area contributed by atoms with Gasteiger partial charge in [-0.2, -0.15) is 0 Å². The summed E-state index contributed by atoms with van der Waals surface area (Å²) in [6.45, 7) is 6.70. The second-order valence-electron chi connectivity index (χ2n) is 6.80. The highest BCUT2D eigenvalue weighted by atomic mass is 32.1. The standard InChI is InChI=1S/C16H24N2O2S/c1-15(2,3)14-17-10-12(21-14)6-7-13(19)18-11-16(20)8-4-5-9-16/h6-7,10,20H,4-5,8-9,11H2,1-3H3,(H,18,19). The molecule has 1 aliphatic rings. The minimum absolute atomic E-state index is 0.0325. The second-order valence-corrected chi connectivity index (χ2v) is 7.86. The number of carbonyl (C=O) groups excluding carboxylic acids is 1. The van der Waals surface area contributed by atoms with Crippen LogP contribution < -0.4 is 5.32 Å². The minimum Gasteiger partial charge on any atom is -0.388 e. The number of carbonyl (C=O) groups is 1. The first kappa shape index (κ1) is 16.2. The lowest BCUT2D eigenvalue weighted by Crippen LogP contribution is -2.40. The van der Waals surface area contributed by atoms with E-state index in [1.54, 1.807) is 23.6 Å². The fourth-order valence-corrected chi connectivity index (χ4v) is 3.27. The van der Waals surface area contributed by atoms with Crippen LogP contribution in [0.1, 0.15) is 56.3 Å². The highest BCUT2D eigenvalue weighted by molar-refractivity contribution is 7.12. The Balaban J connectivity index is 1.86. The predicted molar refractivity (Wildman–Crippen MR) is 86.3 cm³/mol. The van der Waals surface area contributed by atoms with E-state index >= 15 is 0 Å². The summed E-state index contributed by atoms with van der Waals surface area (Å²) in [5.74, 6) is -0.166. The smallest absolute Gasteiger partial charge is 0.244 e. The number of aromatic nitrogens is 1. The average molecular weight is 308 g/mol. The van der Waals surface area contributed by atoms with Gasteiger partial charge in [-0.05, 0) is 18.9 Å². The zero-order valence-electron chi connectivity index (χ0n) is 13.0. The van der Waals surface area contributed by atoms with Gasteiger partial charge in [-0.3, -0.25) is 4.79 Å². The lowest BCUT2D eigenvalue weighted by Gasteiger charge is -2.21. The number of nitrogens with one attached hydrogen (secondary N) is 1. The number of hydrogen-bond acceptors (Lipinski definition) is 4. The van der Waals surface area contributed by atoms with Crippen molar-refractivity contribution in [2.24, 2.45) is 0 Å². The van der Waals surface area contributed by atoms with Crippen LogP contribution in [0.4, 0.5) is 0 Å². The maximum Gasteiger partial charge on any atom is 0.244 e. The minimum atomic E-state index is -0.701. The molecule has 0 saturated heterocycles. The van der Waals surface area contributed by atoms with Crippen LogP contribution in [-0.2, 0) is 10.2 Å². The largest absolute Gasteiger partial charge is 0.388 e. The zero-order valence-corrected chi connectivity index (χ0v) is 13.8. The van der Waals surface area contributed by atoms with Crippen molar-refractivity contribution in [1.82, 2.24) is 10.3 Å². The number of rotatable bonds is 4. The summed E-state index contributed by atoms with van der Waals surface area (Å²) in [5.41, 5.74) is -0.669. The number of hydrogen-bond donors (Lipinski definition) is 2. The predicted octanol–water partition coefficient (Wildman–Crippen LogP) is 2.88. The SMILES string of the molecule is CC(C)(C)c1ncc(C=CC(=O)NCC2(O)CCCC2)s1. The van der Waals surface area contributed by atoms with Crippen molar-refractivity contribution in [3.8, 4) is 0 Å². The van der Waals surface area contributed by atoms with Crippen LogP contribution in [0.25, 0.3) is 6.08 Å². The molecule has 0 radical (unpaired) electrons. The van der Waals surface area contributed by atoms with Gasteiger partial charge in [0.15, 0.2) is 0 Å². The quantitative estimate of drug-likeness (QED) is 0.841. The summed E-state index contributed by atoms with van der Waals surface area (Å²) in [6.07, 6.45) is 8.72. The maximum atomic E-state index is 11.8. The van der Waals surface area contributed by atoms with E-state index in [0.29, 0.717) is 6.54 Å². The first-order valence-electron chi connectivity index (χ1n) is 7.43. The third-order valence-corrected chi connectivity index (χ3v) is 5.08. The molecule has 0 aliphatic heterocycles. The van der Waals surface area contributed by atoms with Gasteiger partial charge in [0.2, 0.25) is 5.91 Å². The summed E-state index contributed by atoms with van der Waals surface area (Å²) in [7, 11) is 0. The molecular formula is C16H24N2O2S. The molecule has 1 saturated carbocycles. The summed E-state index contributed by atoms with van der Waals surface area (Å²) in [6, 6.07) is 0. The van der Waals surface area contributed by atoms with Crippen molar-refractivity contribution in [3.63, 3.8) is 0 Å². The van der Waals surface area contributed by atoms with Crippen LogP contribution in [0.5, 0.6) is 0 Å². The lowest BCUT2D eigenvalue weighted by molar-refractivity contribution is -0.117. The number of aliphatic hydroxyl groups is 1.